The summed E-state index contributed by atoms with van der Waals surface area (Å²) in [6.07, 6.45) is 0.496. The van der Waals surface area contributed by atoms with Crippen LogP contribution in [-0.4, -0.2) is 40.8 Å². The van der Waals surface area contributed by atoms with Gasteiger partial charge >= 0.3 is 5.97 Å². The van der Waals surface area contributed by atoms with Crippen LogP contribution >= 0.6 is 0 Å². The summed E-state index contributed by atoms with van der Waals surface area (Å²) in [4.78, 5) is 22.5. The van der Waals surface area contributed by atoms with Crippen molar-refractivity contribution in [2.45, 2.75) is 25.9 Å². The van der Waals surface area contributed by atoms with Crippen LogP contribution in [0.1, 0.15) is 20.3 Å². The minimum Gasteiger partial charge on any atom is -0.494 e. The molecule has 0 aliphatic carbocycles. The van der Waals surface area contributed by atoms with E-state index >= 15 is 0 Å². The van der Waals surface area contributed by atoms with E-state index in [9.17, 15) is 14.7 Å². The third kappa shape index (κ3) is 5.83. The third-order valence-corrected chi connectivity index (χ3v) is 3.08. The van der Waals surface area contributed by atoms with Gasteiger partial charge in [0.1, 0.15) is 5.75 Å². The molecule has 116 valence electrons. The van der Waals surface area contributed by atoms with Crippen molar-refractivity contribution < 1.29 is 24.5 Å². The molecule has 0 heterocycles. The first-order chi connectivity index (χ1) is 9.83. The minimum atomic E-state index is -1.96. The molecule has 0 bridgehead atoms. The maximum Gasteiger partial charge on any atom is 0.337 e. The monoisotopic (exact) mass is 295 g/mol. The van der Waals surface area contributed by atoms with Gasteiger partial charge in [-0.1, -0.05) is 25.1 Å². The fraction of sp³-hybridized carbons (Fsp3) is 0.467. The molecule has 0 saturated carbocycles. The van der Waals surface area contributed by atoms with Gasteiger partial charge in [-0.3, -0.25) is 4.79 Å². The molecule has 6 nitrogen and oxygen atoms in total. The second-order valence-corrected chi connectivity index (χ2v) is 5.15. The molecule has 0 radical (unpaired) electrons. The molecular formula is C15H21NO5. The topological polar surface area (TPSA) is 95.9 Å². The Balaban J connectivity index is 2.30. The third-order valence-electron chi connectivity index (χ3n) is 3.08. The maximum atomic E-state index is 11.8. The van der Waals surface area contributed by atoms with E-state index in [2.05, 4.69) is 5.32 Å². The first-order valence-electron chi connectivity index (χ1n) is 6.74. The highest BCUT2D eigenvalue weighted by Crippen LogP contribution is 2.11. The number of ether oxygens (including phenoxy) is 1. The molecule has 0 aromatic heterocycles. The number of benzene rings is 1. The quantitative estimate of drug-likeness (QED) is 0.666. The molecule has 0 fully saturated rings. The smallest absolute Gasteiger partial charge is 0.337 e. The zero-order chi connectivity index (χ0) is 15.9. The number of rotatable bonds is 8. The molecular weight excluding hydrogens is 274 g/mol. The summed E-state index contributed by atoms with van der Waals surface area (Å²) in [5.74, 6) is -1.28. The molecule has 2 atom stereocenters. The summed E-state index contributed by atoms with van der Waals surface area (Å²) in [5, 5.41) is 20.7. The maximum absolute atomic E-state index is 11.8. The van der Waals surface area contributed by atoms with E-state index < -0.39 is 11.6 Å². The molecule has 1 aromatic rings. The lowest BCUT2D eigenvalue weighted by Gasteiger charge is -2.20. The largest absolute Gasteiger partial charge is 0.494 e. The van der Waals surface area contributed by atoms with Crippen LogP contribution in [0.2, 0.25) is 0 Å². The van der Waals surface area contributed by atoms with Crippen LogP contribution in [0.4, 0.5) is 0 Å². The van der Waals surface area contributed by atoms with Gasteiger partial charge in [-0.25, -0.2) is 4.79 Å². The van der Waals surface area contributed by atoms with Crippen molar-refractivity contribution in [3.05, 3.63) is 30.3 Å². The van der Waals surface area contributed by atoms with Gasteiger partial charge in [0.05, 0.1) is 13.2 Å². The molecule has 6 heteroatoms. The molecule has 3 N–H and O–H groups in total. The molecule has 1 rings (SSSR count). The SMILES string of the molecule is CC(CCOc1ccccc1)C(=O)NCC(C)(O)C(=O)O. The van der Waals surface area contributed by atoms with Crippen LogP contribution in [-0.2, 0) is 9.59 Å². The Labute approximate surface area is 123 Å². The Hall–Kier alpha value is -2.08. The average molecular weight is 295 g/mol. The standard InChI is InChI=1S/C15H21NO5/c1-11(8-9-21-12-6-4-3-5-7-12)13(17)16-10-15(2,20)14(18)19/h3-7,11,20H,8-10H2,1-2H3,(H,16,17)(H,18,19). The van der Waals surface area contributed by atoms with Crippen LogP contribution in [0.25, 0.3) is 0 Å². The van der Waals surface area contributed by atoms with Crippen LogP contribution in [0, 0.1) is 5.92 Å². The lowest BCUT2D eigenvalue weighted by atomic mass is 10.1. The number of aliphatic carboxylic acids is 1. The number of carbonyl (C=O) groups excluding carboxylic acids is 1. The van der Waals surface area contributed by atoms with Crippen LogP contribution in [0.3, 0.4) is 0 Å². The Morgan fingerprint density at radius 2 is 1.95 bits per heavy atom. The number of hydrogen-bond acceptors (Lipinski definition) is 4. The Bertz CT molecular complexity index is 472. The zero-order valence-electron chi connectivity index (χ0n) is 12.2. The molecule has 0 aliphatic heterocycles. The van der Waals surface area contributed by atoms with E-state index in [1.54, 1.807) is 6.92 Å². The summed E-state index contributed by atoms with van der Waals surface area (Å²) in [7, 11) is 0. The molecule has 1 amide bonds. The van der Waals surface area contributed by atoms with E-state index in [-0.39, 0.29) is 18.4 Å². The van der Waals surface area contributed by atoms with Crippen molar-refractivity contribution in [2.24, 2.45) is 5.92 Å². The Morgan fingerprint density at radius 3 is 2.52 bits per heavy atom. The lowest BCUT2D eigenvalue weighted by Crippen LogP contribution is -2.47. The molecule has 2 unspecified atom stereocenters. The second kappa shape index (κ2) is 7.64. The zero-order valence-corrected chi connectivity index (χ0v) is 12.2. The van der Waals surface area contributed by atoms with Crippen molar-refractivity contribution in [1.29, 1.82) is 0 Å². The van der Waals surface area contributed by atoms with Gasteiger partial charge in [-0.15, -0.1) is 0 Å². The number of hydrogen-bond donors (Lipinski definition) is 3. The Kier molecular flexibility index (Phi) is 6.17. The first kappa shape index (κ1) is 17.0. The number of aliphatic hydroxyl groups is 1. The van der Waals surface area contributed by atoms with Gasteiger partial charge in [0.2, 0.25) is 5.91 Å². The van der Waals surface area contributed by atoms with Crippen molar-refractivity contribution in [1.82, 2.24) is 5.32 Å². The summed E-state index contributed by atoms with van der Waals surface area (Å²) >= 11 is 0. The highest BCUT2D eigenvalue weighted by atomic mass is 16.5. The highest BCUT2D eigenvalue weighted by molar-refractivity contribution is 5.81. The summed E-state index contributed by atoms with van der Waals surface area (Å²) in [6.45, 7) is 2.91. The lowest BCUT2D eigenvalue weighted by molar-refractivity contribution is -0.156. The molecule has 0 aliphatic rings. The second-order valence-electron chi connectivity index (χ2n) is 5.15. The van der Waals surface area contributed by atoms with E-state index in [0.29, 0.717) is 13.0 Å². The Morgan fingerprint density at radius 1 is 1.33 bits per heavy atom. The summed E-state index contributed by atoms with van der Waals surface area (Å²) < 4.78 is 5.49. The summed E-state index contributed by atoms with van der Waals surface area (Å²) in [5.41, 5.74) is -1.96. The molecule has 0 spiro atoms. The van der Waals surface area contributed by atoms with Gasteiger partial charge in [-0.2, -0.15) is 0 Å². The van der Waals surface area contributed by atoms with Crippen molar-refractivity contribution in [3.8, 4) is 5.75 Å². The average Bonchev–Trinajstić information content (AvgIpc) is 2.45. The van der Waals surface area contributed by atoms with Gasteiger partial charge in [0, 0.05) is 5.92 Å². The van der Waals surface area contributed by atoms with E-state index in [1.165, 1.54) is 0 Å². The molecule has 1 aromatic carbocycles. The highest BCUT2D eigenvalue weighted by Gasteiger charge is 2.30. The summed E-state index contributed by atoms with van der Waals surface area (Å²) in [6, 6.07) is 9.26. The number of para-hydroxylation sites is 1. The van der Waals surface area contributed by atoms with E-state index in [1.807, 2.05) is 30.3 Å². The molecule has 0 saturated heterocycles. The van der Waals surface area contributed by atoms with Crippen molar-refractivity contribution in [3.63, 3.8) is 0 Å². The van der Waals surface area contributed by atoms with Crippen molar-refractivity contribution in [2.75, 3.05) is 13.2 Å². The number of carboxylic acids is 1. The normalized spacial score (nSPS) is 14.8. The van der Waals surface area contributed by atoms with Gasteiger partial charge < -0.3 is 20.3 Å². The van der Waals surface area contributed by atoms with Gasteiger partial charge in [0.15, 0.2) is 5.60 Å². The number of amides is 1. The minimum absolute atomic E-state index is 0.312. The fourth-order valence-electron chi connectivity index (χ4n) is 1.51. The predicted octanol–water partition coefficient (Wildman–Crippen LogP) is 1.04. The van der Waals surface area contributed by atoms with E-state index in [0.717, 1.165) is 12.7 Å². The fourth-order valence-corrected chi connectivity index (χ4v) is 1.51. The number of carboxylic acid groups (broad SMARTS) is 1. The van der Waals surface area contributed by atoms with Crippen LogP contribution < -0.4 is 10.1 Å². The van der Waals surface area contributed by atoms with Crippen molar-refractivity contribution >= 4 is 11.9 Å². The van der Waals surface area contributed by atoms with Gasteiger partial charge in [0.25, 0.3) is 0 Å². The van der Waals surface area contributed by atoms with Gasteiger partial charge in [-0.05, 0) is 25.5 Å². The van der Waals surface area contributed by atoms with E-state index in [4.69, 9.17) is 9.84 Å². The van der Waals surface area contributed by atoms with Crippen LogP contribution in [0.15, 0.2) is 30.3 Å². The molecule has 21 heavy (non-hydrogen) atoms. The number of nitrogens with one attached hydrogen (secondary N) is 1. The first-order valence-corrected chi connectivity index (χ1v) is 6.74. The number of carbonyl (C=O) groups is 2. The predicted molar refractivity (Wildman–Crippen MR) is 77.0 cm³/mol. The van der Waals surface area contributed by atoms with Crippen LogP contribution in [0.5, 0.6) is 5.75 Å².